The predicted octanol–water partition coefficient (Wildman–Crippen LogP) is 1.48. The molecule has 88 valence electrons. The third-order valence-corrected chi connectivity index (χ3v) is 2.98. The van der Waals surface area contributed by atoms with Crippen molar-refractivity contribution in [1.29, 1.82) is 0 Å². The topological polar surface area (TPSA) is 67.1 Å². The van der Waals surface area contributed by atoms with Gasteiger partial charge in [-0.05, 0) is 12.8 Å². The van der Waals surface area contributed by atoms with Gasteiger partial charge >= 0.3 is 0 Å². The SMILES string of the molecule is CN(C)c1ncnc(NC2CCCC2)c1N. The van der Waals surface area contributed by atoms with Crippen LogP contribution in [-0.2, 0) is 0 Å². The maximum absolute atomic E-state index is 6.03. The van der Waals surface area contributed by atoms with E-state index in [4.69, 9.17) is 5.73 Å². The summed E-state index contributed by atoms with van der Waals surface area (Å²) in [7, 11) is 3.86. The quantitative estimate of drug-likeness (QED) is 0.809. The number of nitrogens with two attached hydrogens (primary N) is 1. The van der Waals surface area contributed by atoms with Gasteiger partial charge in [0.05, 0.1) is 0 Å². The van der Waals surface area contributed by atoms with Crippen molar-refractivity contribution in [3.8, 4) is 0 Å². The Hall–Kier alpha value is -1.52. The molecule has 0 unspecified atom stereocenters. The van der Waals surface area contributed by atoms with Crippen LogP contribution >= 0.6 is 0 Å². The van der Waals surface area contributed by atoms with Crippen molar-refractivity contribution in [2.45, 2.75) is 31.7 Å². The van der Waals surface area contributed by atoms with Crippen LogP contribution in [0.5, 0.6) is 0 Å². The Labute approximate surface area is 96.1 Å². The zero-order valence-electron chi connectivity index (χ0n) is 9.90. The lowest BCUT2D eigenvalue weighted by atomic mass is 10.2. The van der Waals surface area contributed by atoms with Crippen molar-refractivity contribution in [3.63, 3.8) is 0 Å². The van der Waals surface area contributed by atoms with E-state index in [0.717, 1.165) is 11.6 Å². The largest absolute Gasteiger partial charge is 0.393 e. The van der Waals surface area contributed by atoms with E-state index >= 15 is 0 Å². The summed E-state index contributed by atoms with van der Waals surface area (Å²) in [4.78, 5) is 10.3. The second-order valence-electron chi connectivity index (χ2n) is 4.48. The third kappa shape index (κ3) is 2.18. The van der Waals surface area contributed by atoms with Crippen LogP contribution in [0.2, 0.25) is 0 Å². The van der Waals surface area contributed by atoms with E-state index in [0.29, 0.717) is 11.7 Å². The molecule has 0 spiro atoms. The predicted molar refractivity (Wildman–Crippen MR) is 66.7 cm³/mol. The molecule has 1 fully saturated rings. The van der Waals surface area contributed by atoms with Crippen LogP contribution in [0.3, 0.4) is 0 Å². The minimum atomic E-state index is 0.521. The number of nitrogen functional groups attached to an aromatic ring is 1. The molecule has 0 amide bonds. The number of aromatic nitrogens is 2. The van der Waals surface area contributed by atoms with E-state index in [-0.39, 0.29) is 0 Å². The van der Waals surface area contributed by atoms with Crippen molar-refractivity contribution < 1.29 is 0 Å². The molecular formula is C11H19N5. The van der Waals surface area contributed by atoms with Crippen LogP contribution in [0, 0.1) is 0 Å². The van der Waals surface area contributed by atoms with Gasteiger partial charge in [0.15, 0.2) is 11.6 Å². The molecule has 1 aliphatic rings. The molecule has 5 nitrogen and oxygen atoms in total. The number of rotatable bonds is 3. The Morgan fingerprint density at radius 2 is 2.00 bits per heavy atom. The molecule has 0 saturated heterocycles. The van der Waals surface area contributed by atoms with Crippen LogP contribution in [-0.4, -0.2) is 30.1 Å². The summed E-state index contributed by atoms with van der Waals surface area (Å²) in [5.74, 6) is 1.54. The average Bonchev–Trinajstić information content (AvgIpc) is 2.73. The maximum Gasteiger partial charge on any atom is 0.156 e. The lowest BCUT2D eigenvalue weighted by molar-refractivity contribution is 0.750. The molecule has 1 saturated carbocycles. The van der Waals surface area contributed by atoms with Crippen molar-refractivity contribution in [3.05, 3.63) is 6.33 Å². The van der Waals surface area contributed by atoms with Gasteiger partial charge in [0.1, 0.15) is 12.0 Å². The summed E-state index contributed by atoms with van der Waals surface area (Å²) in [5.41, 5.74) is 6.67. The fraction of sp³-hybridized carbons (Fsp3) is 0.636. The molecule has 1 aromatic rings. The average molecular weight is 221 g/mol. The molecule has 0 bridgehead atoms. The van der Waals surface area contributed by atoms with E-state index in [1.54, 1.807) is 6.33 Å². The first-order valence-electron chi connectivity index (χ1n) is 5.73. The Balaban J connectivity index is 2.17. The molecule has 2 rings (SSSR count). The highest BCUT2D eigenvalue weighted by Crippen LogP contribution is 2.28. The van der Waals surface area contributed by atoms with Crippen LogP contribution in [0.4, 0.5) is 17.3 Å². The van der Waals surface area contributed by atoms with E-state index in [1.807, 2.05) is 19.0 Å². The number of anilines is 3. The maximum atomic E-state index is 6.03. The Morgan fingerprint density at radius 3 is 2.62 bits per heavy atom. The standard InChI is InChI=1S/C11H19N5/c1-16(2)11-9(12)10(13-7-14-11)15-8-5-3-4-6-8/h7-8H,3-6,12H2,1-2H3,(H,13,14,15). The monoisotopic (exact) mass is 221 g/mol. The van der Waals surface area contributed by atoms with E-state index in [9.17, 15) is 0 Å². The summed E-state index contributed by atoms with van der Waals surface area (Å²) in [5, 5.41) is 3.40. The zero-order chi connectivity index (χ0) is 11.5. The first-order valence-corrected chi connectivity index (χ1v) is 5.73. The first kappa shape index (κ1) is 11.0. The minimum Gasteiger partial charge on any atom is -0.393 e. The summed E-state index contributed by atoms with van der Waals surface area (Å²) in [6.07, 6.45) is 6.57. The lowest BCUT2D eigenvalue weighted by Gasteiger charge is -2.18. The summed E-state index contributed by atoms with van der Waals surface area (Å²) >= 11 is 0. The lowest BCUT2D eigenvalue weighted by Crippen LogP contribution is -2.19. The van der Waals surface area contributed by atoms with Crippen LogP contribution in [0.25, 0.3) is 0 Å². The Bertz CT molecular complexity index is 357. The van der Waals surface area contributed by atoms with Gasteiger partial charge in [0.25, 0.3) is 0 Å². The molecule has 1 aromatic heterocycles. The molecule has 3 N–H and O–H groups in total. The summed E-state index contributed by atoms with van der Waals surface area (Å²) < 4.78 is 0. The molecule has 1 aliphatic carbocycles. The number of hydrogen-bond acceptors (Lipinski definition) is 5. The minimum absolute atomic E-state index is 0.521. The molecule has 1 heterocycles. The van der Waals surface area contributed by atoms with E-state index in [1.165, 1.54) is 25.7 Å². The molecule has 16 heavy (non-hydrogen) atoms. The summed E-state index contributed by atoms with van der Waals surface area (Å²) in [6, 6.07) is 0.521. The normalized spacial score (nSPS) is 16.4. The Kier molecular flexibility index (Phi) is 3.12. The second kappa shape index (κ2) is 4.55. The van der Waals surface area contributed by atoms with Gasteiger partial charge in [0.2, 0.25) is 0 Å². The highest BCUT2D eigenvalue weighted by Gasteiger charge is 2.17. The summed E-state index contributed by atoms with van der Waals surface area (Å²) in [6.45, 7) is 0. The van der Waals surface area contributed by atoms with Crippen molar-refractivity contribution in [2.75, 3.05) is 30.0 Å². The van der Waals surface area contributed by atoms with Gasteiger partial charge in [0, 0.05) is 20.1 Å². The third-order valence-electron chi connectivity index (χ3n) is 2.98. The van der Waals surface area contributed by atoms with E-state index in [2.05, 4.69) is 15.3 Å². The van der Waals surface area contributed by atoms with Gasteiger partial charge < -0.3 is 16.0 Å². The second-order valence-corrected chi connectivity index (χ2v) is 4.48. The van der Waals surface area contributed by atoms with E-state index < -0.39 is 0 Å². The Morgan fingerprint density at radius 1 is 1.31 bits per heavy atom. The number of nitrogens with zero attached hydrogens (tertiary/aromatic N) is 3. The molecule has 5 heteroatoms. The molecule has 0 atom stereocenters. The molecule has 0 aromatic carbocycles. The molecule has 0 radical (unpaired) electrons. The number of hydrogen-bond donors (Lipinski definition) is 2. The fourth-order valence-corrected chi connectivity index (χ4v) is 2.12. The van der Waals surface area contributed by atoms with Crippen LogP contribution in [0.1, 0.15) is 25.7 Å². The van der Waals surface area contributed by atoms with Gasteiger partial charge in [-0.15, -0.1) is 0 Å². The smallest absolute Gasteiger partial charge is 0.156 e. The zero-order valence-corrected chi connectivity index (χ0v) is 9.90. The van der Waals surface area contributed by atoms with Crippen molar-refractivity contribution >= 4 is 17.3 Å². The van der Waals surface area contributed by atoms with Gasteiger partial charge in [-0.25, -0.2) is 9.97 Å². The fourth-order valence-electron chi connectivity index (χ4n) is 2.12. The highest BCUT2D eigenvalue weighted by atomic mass is 15.2. The van der Waals surface area contributed by atoms with Crippen molar-refractivity contribution in [2.24, 2.45) is 0 Å². The van der Waals surface area contributed by atoms with Gasteiger partial charge in [-0.1, -0.05) is 12.8 Å². The van der Waals surface area contributed by atoms with Gasteiger partial charge in [-0.3, -0.25) is 0 Å². The highest BCUT2D eigenvalue weighted by molar-refractivity contribution is 5.74. The number of nitrogens with one attached hydrogen (secondary N) is 1. The van der Waals surface area contributed by atoms with Crippen molar-refractivity contribution in [1.82, 2.24) is 9.97 Å². The molecule has 0 aliphatic heterocycles. The van der Waals surface area contributed by atoms with Crippen LogP contribution < -0.4 is 16.0 Å². The van der Waals surface area contributed by atoms with Crippen LogP contribution in [0.15, 0.2) is 6.33 Å². The van der Waals surface area contributed by atoms with Gasteiger partial charge in [-0.2, -0.15) is 0 Å². The first-order chi connectivity index (χ1) is 7.68. The molecular weight excluding hydrogens is 202 g/mol.